The summed E-state index contributed by atoms with van der Waals surface area (Å²) in [6.07, 6.45) is 24.7. The summed E-state index contributed by atoms with van der Waals surface area (Å²) in [5.74, 6) is 15.8. The zero-order chi connectivity index (χ0) is 29.4. The third-order valence-electron chi connectivity index (χ3n) is 7.53. The first-order chi connectivity index (χ1) is 19.0. The molecule has 0 amide bonds. The van der Waals surface area contributed by atoms with Crippen LogP contribution in [0.4, 0.5) is 0 Å². The van der Waals surface area contributed by atoms with Gasteiger partial charge in [0.25, 0.3) is 0 Å². The van der Waals surface area contributed by atoms with Crippen molar-refractivity contribution < 1.29 is 21.1 Å². The Hall–Kier alpha value is -2.85. The molecule has 0 N–H and O–H groups in total. The van der Waals surface area contributed by atoms with Crippen molar-refractivity contribution in [2.75, 3.05) is 13.1 Å². The number of rotatable bonds is 1. The molecule has 2 aromatic rings. The molecule has 0 bridgehead atoms. The van der Waals surface area contributed by atoms with Gasteiger partial charge in [0.1, 0.15) is 0 Å². The molecule has 2 aliphatic heterocycles. The third-order valence-corrected chi connectivity index (χ3v) is 7.53. The van der Waals surface area contributed by atoms with Crippen LogP contribution in [0, 0.1) is 71.0 Å². The second kappa shape index (κ2) is 18.6. The minimum atomic E-state index is 0. The first kappa shape index (κ1) is 36.2. The molecule has 0 aromatic carbocycles. The van der Waals surface area contributed by atoms with Gasteiger partial charge >= 0.3 is 21.1 Å². The average molecular weight is 726 g/mol. The maximum atomic E-state index is 6.51. The van der Waals surface area contributed by atoms with E-state index >= 15 is 0 Å². The Labute approximate surface area is 264 Å². The molecule has 4 rings (SSSR count). The second-order valence-corrected chi connectivity index (χ2v) is 12.3. The molecule has 41 heavy (non-hydrogen) atoms. The summed E-state index contributed by atoms with van der Waals surface area (Å²) in [5, 5.41) is 9.88. The van der Waals surface area contributed by atoms with E-state index in [2.05, 4.69) is 75.2 Å². The molecule has 4 unspecified atom stereocenters. The van der Waals surface area contributed by atoms with Crippen LogP contribution in [0.3, 0.4) is 0 Å². The smallest absolute Gasteiger partial charge is 0.661 e. The molecule has 5 heteroatoms. The van der Waals surface area contributed by atoms with Crippen LogP contribution in [-0.2, 0) is 21.1 Å². The van der Waals surface area contributed by atoms with E-state index in [-0.39, 0.29) is 21.1 Å². The van der Waals surface area contributed by atoms with E-state index < -0.39 is 0 Å². The second-order valence-electron chi connectivity index (χ2n) is 12.3. The standard InChI is InChI=1S/C18H34N2.2C9H4N.Pt/c1-17(2,3)13-7-9-19-15(11-13)16-12-14(8-10-20-16)18(4,5)6;2*1-2-3-4-9-5-7-10-8-6-9;/h13-16H,7-12H2,1-6H3;2*5-8H;/q-2;2*-1;+4. The zero-order valence-electron chi connectivity index (χ0n) is 25.3. The van der Waals surface area contributed by atoms with Crippen LogP contribution in [0.2, 0.25) is 0 Å². The van der Waals surface area contributed by atoms with Gasteiger partial charge in [0.15, 0.2) is 0 Å². The van der Waals surface area contributed by atoms with Gasteiger partial charge in [0.2, 0.25) is 0 Å². The van der Waals surface area contributed by atoms with Crippen LogP contribution >= 0.6 is 0 Å². The molecule has 4 nitrogen and oxygen atoms in total. The number of piperidine rings is 2. The Kier molecular flexibility index (Phi) is 16.4. The predicted molar refractivity (Wildman–Crippen MR) is 165 cm³/mol. The summed E-state index contributed by atoms with van der Waals surface area (Å²) in [6.45, 7) is 16.4. The zero-order valence-corrected chi connectivity index (χ0v) is 27.5. The molecule has 216 valence electrons. The van der Waals surface area contributed by atoms with Crippen molar-refractivity contribution in [2.45, 2.75) is 79.3 Å². The molecular formula is C36H42N4Pt. The Morgan fingerprint density at radius 2 is 1.00 bits per heavy atom. The van der Waals surface area contributed by atoms with E-state index in [1.165, 1.54) is 25.7 Å². The molecule has 0 spiro atoms. The van der Waals surface area contributed by atoms with Crippen LogP contribution < -0.4 is 0 Å². The molecule has 4 heterocycles. The Bertz CT molecular complexity index is 1120. The van der Waals surface area contributed by atoms with Gasteiger partial charge in [-0.3, -0.25) is 21.8 Å². The van der Waals surface area contributed by atoms with Gasteiger partial charge in [-0.1, -0.05) is 67.2 Å². The number of pyridine rings is 2. The summed E-state index contributed by atoms with van der Waals surface area (Å²) in [4.78, 5) is 7.64. The first-order valence-electron chi connectivity index (χ1n) is 14.0. The van der Waals surface area contributed by atoms with Gasteiger partial charge in [-0.15, -0.1) is 13.1 Å². The minimum Gasteiger partial charge on any atom is -0.661 e. The van der Waals surface area contributed by atoms with Crippen LogP contribution in [0.15, 0.2) is 49.1 Å². The van der Waals surface area contributed by atoms with Crippen molar-refractivity contribution in [3.05, 3.63) is 83.7 Å². The number of aromatic nitrogens is 2. The molecule has 2 aromatic heterocycles. The minimum absolute atomic E-state index is 0. The summed E-state index contributed by atoms with van der Waals surface area (Å²) in [5.41, 5.74) is 2.56. The predicted octanol–water partition coefficient (Wildman–Crippen LogP) is 7.43. The monoisotopic (exact) mass is 725 g/mol. The van der Waals surface area contributed by atoms with Gasteiger partial charge in [-0.05, 0) is 46.9 Å². The Morgan fingerprint density at radius 1 is 0.659 bits per heavy atom. The molecular weight excluding hydrogens is 684 g/mol. The number of hydrogen-bond acceptors (Lipinski definition) is 2. The van der Waals surface area contributed by atoms with Gasteiger partial charge in [-0.25, -0.2) is 11.8 Å². The molecule has 2 aliphatic rings. The summed E-state index contributed by atoms with van der Waals surface area (Å²) in [6, 6.07) is 8.12. The van der Waals surface area contributed by atoms with E-state index in [1.54, 1.807) is 49.1 Å². The maximum absolute atomic E-state index is 6.51. The SMILES string of the molecule is CC(C)(C)C1CC[N-]C(C2CC(C(C)(C)C)CC[N-]2)C1.[C-]#CC#Cc1ccncc1.[C-]#CC#Cc1ccncc1.[Pt+4]. The molecule has 2 saturated heterocycles. The molecule has 4 atom stereocenters. The quantitative estimate of drug-likeness (QED) is 0.227. The molecule has 0 saturated carbocycles. The fourth-order valence-corrected chi connectivity index (χ4v) is 4.97. The normalized spacial score (nSPS) is 21.5. The van der Waals surface area contributed by atoms with Crippen molar-refractivity contribution in [1.29, 1.82) is 0 Å². The summed E-state index contributed by atoms with van der Waals surface area (Å²) < 4.78 is 0. The topological polar surface area (TPSA) is 54.0 Å². The average Bonchev–Trinajstić information content (AvgIpc) is 2.96. The van der Waals surface area contributed by atoms with E-state index in [9.17, 15) is 0 Å². The molecule has 2 fully saturated rings. The van der Waals surface area contributed by atoms with Crippen LogP contribution in [0.5, 0.6) is 0 Å². The number of nitrogens with zero attached hydrogens (tertiary/aromatic N) is 4. The van der Waals surface area contributed by atoms with Crippen molar-refractivity contribution in [2.24, 2.45) is 22.7 Å². The van der Waals surface area contributed by atoms with Gasteiger partial charge in [-0.2, -0.15) is 23.9 Å². The van der Waals surface area contributed by atoms with Gasteiger partial charge in [0, 0.05) is 35.9 Å². The van der Waals surface area contributed by atoms with Crippen LogP contribution in [0.1, 0.15) is 78.4 Å². The van der Waals surface area contributed by atoms with Gasteiger partial charge < -0.3 is 23.5 Å². The summed E-state index contributed by atoms with van der Waals surface area (Å²) in [7, 11) is 0. The number of hydrogen-bond donors (Lipinski definition) is 0. The fourth-order valence-electron chi connectivity index (χ4n) is 4.97. The van der Waals surface area contributed by atoms with E-state index in [1.807, 2.05) is 11.8 Å². The third kappa shape index (κ3) is 14.1. The Balaban J connectivity index is 0.000000337. The van der Waals surface area contributed by atoms with Crippen molar-refractivity contribution >= 4 is 0 Å². The van der Waals surface area contributed by atoms with Crippen molar-refractivity contribution in [1.82, 2.24) is 9.97 Å². The van der Waals surface area contributed by atoms with Crippen molar-refractivity contribution in [3.63, 3.8) is 0 Å². The first-order valence-corrected chi connectivity index (χ1v) is 14.0. The van der Waals surface area contributed by atoms with Crippen LogP contribution in [-0.4, -0.2) is 35.1 Å². The maximum Gasteiger partial charge on any atom is 4.00 e. The molecule has 0 radical (unpaired) electrons. The fraction of sp³-hybridized carbons (Fsp3) is 0.500. The van der Waals surface area contributed by atoms with Crippen molar-refractivity contribution in [3.8, 4) is 35.5 Å². The van der Waals surface area contributed by atoms with E-state index in [0.29, 0.717) is 22.9 Å². The van der Waals surface area contributed by atoms with E-state index in [4.69, 9.17) is 23.5 Å². The largest absolute Gasteiger partial charge is 4.00 e. The molecule has 0 aliphatic carbocycles. The van der Waals surface area contributed by atoms with Gasteiger partial charge in [0.05, 0.1) is 0 Å². The van der Waals surface area contributed by atoms with E-state index in [0.717, 1.165) is 36.1 Å². The Morgan fingerprint density at radius 3 is 1.29 bits per heavy atom. The van der Waals surface area contributed by atoms with Crippen LogP contribution in [0.25, 0.3) is 10.6 Å². The summed E-state index contributed by atoms with van der Waals surface area (Å²) >= 11 is 0.